The summed E-state index contributed by atoms with van der Waals surface area (Å²) < 4.78 is 38.2. The molecule has 0 bridgehead atoms. The van der Waals surface area contributed by atoms with Crippen LogP contribution in [-0.2, 0) is 6.18 Å². The zero-order chi connectivity index (χ0) is 14.5. The van der Waals surface area contributed by atoms with Crippen LogP contribution < -0.4 is 0 Å². The predicted molar refractivity (Wildman–Crippen MR) is 74.0 cm³/mol. The summed E-state index contributed by atoms with van der Waals surface area (Å²) in [5.41, 5.74) is 0.784. The number of halogens is 4. The molecular weight excluding hydrogens is 273 g/mol. The van der Waals surface area contributed by atoms with Gasteiger partial charge in [0, 0.05) is 5.03 Å². The van der Waals surface area contributed by atoms with E-state index in [9.17, 15) is 13.2 Å². The van der Waals surface area contributed by atoms with Crippen molar-refractivity contribution in [2.75, 3.05) is 0 Å². The zero-order valence-corrected chi connectivity index (χ0v) is 11.9. The maximum absolute atomic E-state index is 12.7. The standard InChI is InChI=1S/C15H18ClF3/c1-3-6-13(14(16)7-4-2)11-8-5-9-12(10-11)15(17,18)19/h5,8-10H,3-4,6-7H2,1-2H3/b14-13-. The lowest BCUT2D eigenvalue weighted by atomic mass is 9.97. The van der Waals surface area contributed by atoms with Crippen LogP contribution in [0.1, 0.15) is 50.7 Å². The Morgan fingerprint density at radius 3 is 2.26 bits per heavy atom. The van der Waals surface area contributed by atoms with E-state index in [4.69, 9.17) is 11.6 Å². The molecule has 0 nitrogen and oxygen atoms in total. The molecule has 1 rings (SSSR count). The van der Waals surface area contributed by atoms with Crippen molar-refractivity contribution in [1.29, 1.82) is 0 Å². The van der Waals surface area contributed by atoms with Crippen molar-refractivity contribution in [2.45, 2.75) is 45.7 Å². The van der Waals surface area contributed by atoms with Gasteiger partial charge in [-0.25, -0.2) is 0 Å². The van der Waals surface area contributed by atoms with Crippen LogP contribution in [0.3, 0.4) is 0 Å². The molecule has 0 aromatic heterocycles. The molecule has 0 spiro atoms. The quantitative estimate of drug-likeness (QED) is 0.601. The second-order valence-electron chi connectivity index (χ2n) is 4.46. The third kappa shape index (κ3) is 4.57. The highest BCUT2D eigenvalue weighted by molar-refractivity contribution is 6.32. The van der Waals surface area contributed by atoms with Gasteiger partial charge in [-0.05, 0) is 36.1 Å². The molecule has 0 unspecified atom stereocenters. The first-order valence-electron chi connectivity index (χ1n) is 6.45. The lowest BCUT2D eigenvalue weighted by Crippen LogP contribution is -2.05. The molecule has 0 amide bonds. The van der Waals surface area contributed by atoms with Gasteiger partial charge < -0.3 is 0 Å². The SMILES string of the molecule is CCC/C(Cl)=C(\CCC)c1cccc(C(F)(F)F)c1. The summed E-state index contributed by atoms with van der Waals surface area (Å²) in [7, 11) is 0. The molecule has 0 atom stereocenters. The van der Waals surface area contributed by atoms with Gasteiger partial charge in [0.05, 0.1) is 5.56 Å². The van der Waals surface area contributed by atoms with Gasteiger partial charge in [-0.3, -0.25) is 0 Å². The zero-order valence-electron chi connectivity index (χ0n) is 11.1. The topological polar surface area (TPSA) is 0 Å². The molecule has 0 aliphatic carbocycles. The number of hydrogen-bond acceptors (Lipinski definition) is 0. The molecular formula is C15H18ClF3. The molecule has 0 N–H and O–H groups in total. The highest BCUT2D eigenvalue weighted by Gasteiger charge is 2.30. The highest BCUT2D eigenvalue weighted by Crippen LogP contribution is 2.34. The van der Waals surface area contributed by atoms with Crippen LogP contribution in [0.4, 0.5) is 13.2 Å². The Bertz CT molecular complexity index is 447. The third-order valence-electron chi connectivity index (χ3n) is 2.84. The maximum atomic E-state index is 12.7. The van der Waals surface area contributed by atoms with Crippen molar-refractivity contribution < 1.29 is 13.2 Å². The van der Waals surface area contributed by atoms with E-state index in [1.165, 1.54) is 12.1 Å². The van der Waals surface area contributed by atoms with E-state index in [0.29, 0.717) is 23.4 Å². The molecule has 0 fully saturated rings. The van der Waals surface area contributed by atoms with Crippen molar-refractivity contribution in [3.8, 4) is 0 Å². The molecule has 4 heteroatoms. The minimum absolute atomic E-state index is 0.579. The lowest BCUT2D eigenvalue weighted by molar-refractivity contribution is -0.137. The molecule has 0 saturated carbocycles. The normalized spacial score (nSPS) is 13.4. The van der Waals surface area contributed by atoms with Crippen LogP contribution in [0, 0.1) is 0 Å². The molecule has 19 heavy (non-hydrogen) atoms. The van der Waals surface area contributed by atoms with Crippen LogP contribution in [0.5, 0.6) is 0 Å². The molecule has 0 heterocycles. The first-order chi connectivity index (χ1) is 8.90. The lowest BCUT2D eigenvalue weighted by Gasteiger charge is -2.13. The second-order valence-corrected chi connectivity index (χ2v) is 4.92. The summed E-state index contributed by atoms with van der Waals surface area (Å²) >= 11 is 6.23. The number of benzene rings is 1. The van der Waals surface area contributed by atoms with Crippen molar-refractivity contribution in [1.82, 2.24) is 0 Å². The van der Waals surface area contributed by atoms with Gasteiger partial charge in [-0.1, -0.05) is 50.4 Å². The van der Waals surface area contributed by atoms with E-state index >= 15 is 0 Å². The molecule has 1 aromatic carbocycles. The number of alkyl halides is 3. The fourth-order valence-corrected chi connectivity index (χ4v) is 2.33. The van der Waals surface area contributed by atoms with Gasteiger partial charge in [0.25, 0.3) is 0 Å². The minimum Gasteiger partial charge on any atom is -0.166 e. The van der Waals surface area contributed by atoms with Crippen LogP contribution >= 0.6 is 11.6 Å². The Hall–Kier alpha value is -0.960. The van der Waals surface area contributed by atoms with Gasteiger partial charge in [0.1, 0.15) is 0 Å². The average molecular weight is 291 g/mol. The molecule has 0 radical (unpaired) electrons. The van der Waals surface area contributed by atoms with E-state index in [2.05, 4.69) is 0 Å². The second kappa shape index (κ2) is 6.99. The third-order valence-corrected chi connectivity index (χ3v) is 3.25. The molecule has 0 saturated heterocycles. The summed E-state index contributed by atoms with van der Waals surface area (Å²) in [6.45, 7) is 3.99. The van der Waals surface area contributed by atoms with E-state index < -0.39 is 11.7 Å². The van der Waals surface area contributed by atoms with E-state index in [-0.39, 0.29) is 0 Å². The number of allylic oxidation sites excluding steroid dienone is 2. The van der Waals surface area contributed by atoms with E-state index in [1.807, 2.05) is 13.8 Å². The van der Waals surface area contributed by atoms with Gasteiger partial charge >= 0.3 is 6.18 Å². The molecule has 1 aromatic rings. The Labute approximate surface area is 117 Å². The largest absolute Gasteiger partial charge is 0.416 e. The minimum atomic E-state index is -4.31. The Morgan fingerprint density at radius 1 is 1.11 bits per heavy atom. The summed E-state index contributed by atoms with van der Waals surface area (Å²) in [5.74, 6) is 0. The number of hydrogen-bond donors (Lipinski definition) is 0. The van der Waals surface area contributed by atoms with E-state index in [1.54, 1.807) is 6.07 Å². The Morgan fingerprint density at radius 2 is 1.74 bits per heavy atom. The maximum Gasteiger partial charge on any atom is 0.416 e. The van der Waals surface area contributed by atoms with E-state index in [0.717, 1.165) is 24.5 Å². The van der Waals surface area contributed by atoms with Crippen molar-refractivity contribution in [2.24, 2.45) is 0 Å². The molecule has 106 valence electrons. The summed E-state index contributed by atoms with van der Waals surface area (Å²) in [6.07, 6.45) is -1.19. The van der Waals surface area contributed by atoms with Crippen LogP contribution in [0.2, 0.25) is 0 Å². The summed E-state index contributed by atoms with van der Waals surface area (Å²) in [6, 6.07) is 5.39. The summed E-state index contributed by atoms with van der Waals surface area (Å²) in [5, 5.41) is 0.670. The summed E-state index contributed by atoms with van der Waals surface area (Å²) in [4.78, 5) is 0. The fraction of sp³-hybridized carbons (Fsp3) is 0.467. The van der Waals surface area contributed by atoms with Crippen molar-refractivity contribution in [3.63, 3.8) is 0 Å². The smallest absolute Gasteiger partial charge is 0.166 e. The van der Waals surface area contributed by atoms with Gasteiger partial charge in [0.15, 0.2) is 0 Å². The van der Waals surface area contributed by atoms with Gasteiger partial charge in [-0.15, -0.1) is 0 Å². The first-order valence-corrected chi connectivity index (χ1v) is 6.83. The first kappa shape index (κ1) is 16.1. The molecule has 0 aliphatic rings. The van der Waals surface area contributed by atoms with Crippen LogP contribution in [-0.4, -0.2) is 0 Å². The monoisotopic (exact) mass is 290 g/mol. The van der Waals surface area contributed by atoms with Crippen molar-refractivity contribution >= 4 is 17.2 Å². The Kier molecular flexibility index (Phi) is 5.92. The molecule has 0 aliphatic heterocycles. The van der Waals surface area contributed by atoms with Gasteiger partial charge in [0.2, 0.25) is 0 Å². The predicted octanol–water partition coefficient (Wildman–Crippen LogP) is 6.26. The van der Waals surface area contributed by atoms with Crippen LogP contribution in [0.25, 0.3) is 5.57 Å². The van der Waals surface area contributed by atoms with Crippen LogP contribution in [0.15, 0.2) is 29.3 Å². The average Bonchev–Trinajstić information content (AvgIpc) is 2.35. The highest BCUT2D eigenvalue weighted by atomic mass is 35.5. The fourth-order valence-electron chi connectivity index (χ4n) is 1.94. The van der Waals surface area contributed by atoms with Crippen molar-refractivity contribution in [3.05, 3.63) is 40.4 Å². The van der Waals surface area contributed by atoms with Gasteiger partial charge in [-0.2, -0.15) is 13.2 Å². The number of rotatable bonds is 5. The Balaban J connectivity index is 3.21.